The van der Waals surface area contributed by atoms with E-state index in [1.165, 1.54) is 11.0 Å². The zero-order valence-corrected chi connectivity index (χ0v) is 15.8. The molecule has 0 heterocycles. The fraction of sp³-hybridized carbons (Fsp3) is 0.400. The number of nitrogens with zero attached hydrogens (tertiary/aromatic N) is 1. The van der Waals surface area contributed by atoms with E-state index in [0.717, 1.165) is 11.1 Å². The van der Waals surface area contributed by atoms with E-state index in [9.17, 15) is 9.59 Å². The van der Waals surface area contributed by atoms with Crippen molar-refractivity contribution in [3.8, 4) is 0 Å². The molecule has 0 bridgehead atoms. The molecule has 0 spiro atoms. The Morgan fingerprint density at radius 2 is 1.81 bits per heavy atom. The maximum Gasteiger partial charge on any atom is 0.509 e. The van der Waals surface area contributed by atoms with Gasteiger partial charge in [-0.15, -0.1) is 0 Å². The van der Waals surface area contributed by atoms with Gasteiger partial charge in [0.05, 0.1) is 6.04 Å². The second-order valence-electron chi connectivity index (χ2n) is 6.01. The van der Waals surface area contributed by atoms with Gasteiger partial charge in [0.15, 0.2) is 6.10 Å². The molecule has 2 atom stereocenters. The average Bonchev–Trinajstić information content (AvgIpc) is 2.63. The summed E-state index contributed by atoms with van der Waals surface area (Å²) in [5.41, 5.74) is 1.81. The van der Waals surface area contributed by atoms with Gasteiger partial charge in [-0.3, -0.25) is 0 Å². The van der Waals surface area contributed by atoms with Crippen molar-refractivity contribution in [2.45, 2.75) is 32.9 Å². The summed E-state index contributed by atoms with van der Waals surface area (Å²) in [4.78, 5) is 25.5. The Balaban J connectivity index is 2.87. The van der Waals surface area contributed by atoms with Crippen LogP contribution in [-0.4, -0.2) is 43.5 Å². The van der Waals surface area contributed by atoms with Crippen molar-refractivity contribution >= 4 is 12.2 Å². The molecule has 0 aromatic heterocycles. The third-order valence-electron chi connectivity index (χ3n) is 3.71. The summed E-state index contributed by atoms with van der Waals surface area (Å²) >= 11 is 0. The number of ether oxygens (including phenoxy) is 3. The van der Waals surface area contributed by atoms with E-state index in [0.29, 0.717) is 0 Å². The summed E-state index contributed by atoms with van der Waals surface area (Å²) in [7, 11) is 1.60. The summed E-state index contributed by atoms with van der Waals surface area (Å²) in [6.07, 6.45) is 1.24. The van der Waals surface area contributed by atoms with E-state index >= 15 is 0 Å². The molecule has 0 radical (unpaired) electrons. The van der Waals surface area contributed by atoms with E-state index < -0.39 is 24.4 Å². The molecule has 0 N–H and O–H groups in total. The number of likely N-dealkylation sites (N-methyl/N-ethyl adjacent to an activating group) is 1. The van der Waals surface area contributed by atoms with Crippen molar-refractivity contribution in [2.24, 2.45) is 0 Å². The quantitative estimate of drug-likeness (QED) is 0.504. The second kappa shape index (κ2) is 11.0. The minimum Gasteiger partial charge on any atom is -0.445 e. The monoisotopic (exact) mass is 361 g/mol. The highest BCUT2D eigenvalue weighted by Gasteiger charge is 2.30. The number of hydrogen-bond acceptors (Lipinski definition) is 5. The number of hydrogen-bond donors (Lipinski definition) is 0. The topological polar surface area (TPSA) is 65.1 Å². The van der Waals surface area contributed by atoms with Gasteiger partial charge in [0.1, 0.15) is 13.2 Å². The fourth-order valence-electron chi connectivity index (χ4n) is 2.10. The smallest absolute Gasteiger partial charge is 0.445 e. The Labute approximate surface area is 155 Å². The van der Waals surface area contributed by atoms with Gasteiger partial charge < -0.3 is 19.1 Å². The zero-order valence-electron chi connectivity index (χ0n) is 15.8. The van der Waals surface area contributed by atoms with Crippen molar-refractivity contribution in [1.82, 2.24) is 4.90 Å². The van der Waals surface area contributed by atoms with Crippen LogP contribution in [0.25, 0.3) is 0 Å². The molecule has 6 nitrogen and oxygen atoms in total. The molecule has 1 amide bonds. The molecule has 1 aromatic carbocycles. The van der Waals surface area contributed by atoms with E-state index in [1.54, 1.807) is 14.0 Å². The highest BCUT2D eigenvalue weighted by molar-refractivity contribution is 5.68. The largest absolute Gasteiger partial charge is 0.509 e. The Morgan fingerprint density at radius 1 is 1.15 bits per heavy atom. The number of amides is 1. The minimum atomic E-state index is -0.822. The lowest BCUT2D eigenvalue weighted by Gasteiger charge is -2.30. The maximum absolute atomic E-state index is 12.2. The third kappa shape index (κ3) is 7.01. The molecule has 0 fully saturated rings. The molecule has 1 aromatic rings. The maximum atomic E-state index is 12.2. The summed E-state index contributed by atoms with van der Waals surface area (Å²) in [5, 5.41) is 0. The number of carbonyl (C=O) groups excluding carboxylic acids is 2. The summed E-state index contributed by atoms with van der Waals surface area (Å²) in [6, 6.07) is 8.71. The van der Waals surface area contributed by atoms with Crippen molar-refractivity contribution in [3.63, 3.8) is 0 Å². The number of benzene rings is 1. The van der Waals surface area contributed by atoms with Gasteiger partial charge in [0.2, 0.25) is 0 Å². The van der Waals surface area contributed by atoms with Crippen LogP contribution in [0.3, 0.4) is 0 Å². The lowest BCUT2D eigenvalue weighted by molar-refractivity contribution is -0.00375. The molecule has 0 aliphatic heterocycles. The van der Waals surface area contributed by atoms with Gasteiger partial charge in [-0.2, -0.15) is 0 Å². The molecule has 6 heteroatoms. The first-order valence-electron chi connectivity index (χ1n) is 8.39. The van der Waals surface area contributed by atoms with E-state index in [4.69, 9.17) is 14.2 Å². The molecule has 0 unspecified atom stereocenters. The highest BCUT2D eigenvalue weighted by Crippen LogP contribution is 2.25. The molecule has 142 valence electrons. The van der Waals surface area contributed by atoms with Crippen molar-refractivity contribution in [3.05, 3.63) is 60.2 Å². The Morgan fingerprint density at radius 3 is 2.38 bits per heavy atom. The van der Waals surface area contributed by atoms with Gasteiger partial charge in [0, 0.05) is 7.05 Å². The molecular formula is C20H27NO5. The number of allylic oxidation sites excluding steroid dienone is 1. The van der Waals surface area contributed by atoms with Crippen LogP contribution >= 0.6 is 0 Å². The first kappa shape index (κ1) is 21.3. The molecule has 0 saturated heterocycles. The molecule has 0 aliphatic carbocycles. The fourth-order valence-corrected chi connectivity index (χ4v) is 2.10. The zero-order chi connectivity index (χ0) is 19.5. The Kier molecular flexibility index (Phi) is 8.98. The molecule has 1 rings (SSSR count). The molecule has 0 saturated carbocycles. The normalized spacial score (nSPS) is 12.3. The third-order valence-corrected chi connectivity index (χ3v) is 3.71. The van der Waals surface area contributed by atoms with E-state index in [2.05, 4.69) is 6.58 Å². The van der Waals surface area contributed by atoms with Crippen LogP contribution in [0.1, 0.15) is 32.4 Å². The molecular weight excluding hydrogens is 334 g/mol. The average molecular weight is 361 g/mol. The first-order chi connectivity index (χ1) is 12.4. The molecule has 26 heavy (non-hydrogen) atoms. The van der Waals surface area contributed by atoms with Crippen LogP contribution in [0.5, 0.6) is 0 Å². The van der Waals surface area contributed by atoms with Crippen LogP contribution < -0.4 is 0 Å². The lowest BCUT2D eigenvalue weighted by Crippen LogP contribution is -2.41. The number of rotatable bonds is 8. The Bertz CT molecular complexity index is 622. The predicted octanol–water partition coefficient (Wildman–Crippen LogP) is 4.49. The van der Waals surface area contributed by atoms with Crippen molar-refractivity contribution in [2.75, 3.05) is 20.3 Å². The van der Waals surface area contributed by atoms with Gasteiger partial charge in [-0.05, 0) is 32.4 Å². The van der Waals surface area contributed by atoms with Crippen LogP contribution in [0.15, 0.2) is 54.6 Å². The van der Waals surface area contributed by atoms with Gasteiger partial charge >= 0.3 is 12.2 Å². The summed E-state index contributed by atoms with van der Waals surface area (Å²) < 4.78 is 15.6. The SMILES string of the molecule is C=CCOC(=O)O[C@@H](c1ccccc1)[C@H](C)N(C)C(=O)OCC=C(C)C. The van der Waals surface area contributed by atoms with Crippen molar-refractivity contribution < 1.29 is 23.8 Å². The van der Waals surface area contributed by atoms with E-state index in [-0.39, 0.29) is 13.2 Å². The van der Waals surface area contributed by atoms with Gasteiger partial charge in [-0.1, -0.05) is 48.6 Å². The van der Waals surface area contributed by atoms with E-state index in [1.807, 2.05) is 50.3 Å². The Hall–Kier alpha value is -2.76. The van der Waals surface area contributed by atoms with Crippen molar-refractivity contribution in [1.29, 1.82) is 0 Å². The van der Waals surface area contributed by atoms with Gasteiger partial charge in [0.25, 0.3) is 0 Å². The minimum absolute atomic E-state index is 0.0509. The predicted molar refractivity (Wildman–Crippen MR) is 99.8 cm³/mol. The van der Waals surface area contributed by atoms with Crippen LogP contribution in [-0.2, 0) is 14.2 Å². The standard InChI is InChI=1S/C20H27NO5/c1-6-13-25-20(23)26-18(17-10-8-7-9-11-17)16(4)21(5)19(22)24-14-12-15(2)3/h6-12,16,18H,1,13-14H2,2-5H3/t16-,18+/m0/s1. The first-order valence-corrected chi connectivity index (χ1v) is 8.39. The summed E-state index contributed by atoms with van der Waals surface area (Å²) in [5.74, 6) is 0. The second-order valence-corrected chi connectivity index (χ2v) is 6.01. The highest BCUT2D eigenvalue weighted by atomic mass is 16.7. The summed E-state index contributed by atoms with van der Waals surface area (Å²) in [6.45, 7) is 9.36. The van der Waals surface area contributed by atoms with Crippen LogP contribution in [0.4, 0.5) is 9.59 Å². The van der Waals surface area contributed by atoms with Gasteiger partial charge in [-0.25, -0.2) is 9.59 Å². The van der Waals surface area contributed by atoms with Crippen LogP contribution in [0.2, 0.25) is 0 Å². The molecule has 0 aliphatic rings. The van der Waals surface area contributed by atoms with Crippen LogP contribution in [0, 0.1) is 0 Å². The number of carbonyl (C=O) groups is 2. The lowest BCUT2D eigenvalue weighted by atomic mass is 10.0.